The molecule has 2 rings (SSSR count). The van der Waals surface area contributed by atoms with Crippen molar-refractivity contribution in [2.75, 3.05) is 13.1 Å². The molecule has 1 aromatic rings. The van der Waals surface area contributed by atoms with E-state index in [2.05, 4.69) is 22.4 Å². The molecule has 1 N–H and O–H groups in total. The van der Waals surface area contributed by atoms with E-state index >= 15 is 0 Å². The fourth-order valence-electron chi connectivity index (χ4n) is 2.78. The molecule has 0 saturated heterocycles. The normalized spacial score (nSPS) is 17.5. The van der Waals surface area contributed by atoms with Gasteiger partial charge in [0.05, 0.1) is 0 Å². The Kier molecular flexibility index (Phi) is 6.79. The molecule has 1 saturated carbocycles. The Labute approximate surface area is 121 Å². The Hall–Kier alpha value is -0.480. The van der Waals surface area contributed by atoms with Gasteiger partial charge < -0.3 is 5.32 Å². The summed E-state index contributed by atoms with van der Waals surface area (Å²) in [5, 5.41) is 14.6. The van der Waals surface area contributed by atoms with Gasteiger partial charge >= 0.3 is 0 Å². The lowest BCUT2D eigenvalue weighted by Crippen LogP contribution is -2.17. The summed E-state index contributed by atoms with van der Waals surface area (Å²) in [6.07, 6.45) is 11.9. The predicted octanol–water partition coefficient (Wildman–Crippen LogP) is 3.59. The summed E-state index contributed by atoms with van der Waals surface area (Å²) in [5.41, 5.74) is 0. The molecule has 0 radical (unpaired) electrons. The molecular weight excluding hydrogens is 254 g/mol. The summed E-state index contributed by atoms with van der Waals surface area (Å²) in [7, 11) is 0. The highest BCUT2D eigenvalue weighted by Crippen LogP contribution is 2.26. The molecule has 1 fully saturated rings. The maximum absolute atomic E-state index is 4.38. The van der Waals surface area contributed by atoms with E-state index in [0.29, 0.717) is 0 Å². The van der Waals surface area contributed by atoms with Crippen LogP contribution >= 0.6 is 11.3 Å². The number of aromatic nitrogens is 2. The molecule has 108 valence electrons. The second-order valence-electron chi connectivity index (χ2n) is 5.65. The molecule has 19 heavy (non-hydrogen) atoms. The van der Waals surface area contributed by atoms with Crippen LogP contribution in [0.15, 0.2) is 0 Å². The minimum atomic E-state index is 0.863. The van der Waals surface area contributed by atoms with Crippen LogP contribution in [-0.4, -0.2) is 23.3 Å². The molecular formula is C15H27N3S. The zero-order chi connectivity index (χ0) is 13.3. The third-order valence-electron chi connectivity index (χ3n) is 3.89. The number of hydrogen-bond acceptors (Lipinski definition) is 4. The number of nitrogens with one attached hydrogen (secondary N) is 1. The molecule has 4 heteroatoms. The lowest BCUT2D eigenvalue weighted by Gasteiger charge is -2.10. The van der Waals surface area contributed by atoms with E-state index in [1.165, 1.54) is 61.4 Å². The molecule has 1 aliphatic rings. The summed E-state index contributed by atoms with van der Waals surface area (Å²) >= 11 is 1.83. The zero-order valence-corrected chi connectivity index (χ0v) is 13.0. The van der Waals surface area contributed by atoms with Crippen LogP contribution in [-0.2, 0) is 12.8 Å². The molecule has 3 nitrogen and oxygen atoms in total. The molecule has 1 aromatic heterocycles. The fraction of sp³-hybridized carbons (Fsp3) is 0.867. The van der Waals surface area contributed by atoms with Crippen LogP contribution < -0.4 is 5.32 Å². The maximum atomic E-state index is 4.38. The van der Waals surface area contributed by atoms with Crippen LogP contribution in [0.3, 0.4) is 0 Å². The third-order valence-corrected chi connectivity index (χ3v) is 4.89. The molecule has 0 atom stereocenters. The van der Waals surface area contributed by atoms with Crippen LogP contribution in [0.2, 0.25) is 0 Å². The molecule has 0 unspecified atom stereocenters. The van der Waals surface area contributed by atoms with E-state index in [0.717, 1.165) is 25.4 Å². The average Bonchev–Trinajstić information content (AvgIpc) is 2.69. The minimum absolute atomic E-state index is 0.863. The van der Waals surface area contributed by atoms with Gasteiger partial charge in [0.2, 0.25) is 0 Å². The van der Waals surface area contributed by atoms with Crippen LogP contribution in [0.25, 0.3) is 0 Å². The van der Waals surface area contributed by atoms with Gasteiger partial charge in [-0.2, -0.15) is 0 Å². The number of hydrogen-bond donors (Lipinski definition) is 1. The molecule has 1 aliphatic carbocycles. The van der Waals surface area contributed by atoms with Gasteiger partial charge in [0.1, 0.15) is 10.0 Å². The zero-order valence-electron chi connectivity index (χ0n) is 12.2. The minimum Gasteiger partial charge on any atom is -0.316 e. The first kappa shape index (κ1) is 14.9. The van der Waals surface area contributed by atoms with E-state index in [-0.39, 0.29) is 0 Å². The molecule has 0 bridgehead atoms. The van der Waals surface area contributed by atoms with E-state index in [1.807, 2.05) is 11.3 Å². The van der Waals surface area contributed by atoms with E-state index in [4.69, 9.17) is 0 Å². The van der Waals surface area contributed by atoms with E-state index < -0.39 is 0 Å². The van der Waals surface area contributed by atoms with Gasteiger partial charge in [-0.1, -0.05) is 45.4 Å². The summed E-state index contributed by atoms with van der Waals surface area (Å²) in [4.78, 5) is 0. The summed E-state index contributed by atoms with van der Waals surface area (Å²) in [6.45, 7) is 4.34. The highest BCUT2D eigenvalue weighted by atomic mass is 32.1. The fourth-order valence-corrected chi connectivity index (χ4v) is 3.74. The largest absolute Gasteiger partial charge is 0.316 e. The van der Waals surface area contributed by atoms with Crippen molar-refractivity contribution >= 4 is 11.3 Å². The number of nitrogens with zero attached hydrogens (tertiary/aromatic N) is 2. The highest BCUT2D eigenvalue weighted by Gasteiger charge is 2.15. The van der Waals surface area contributed by atoms with Gasteiger partial charge in [0.15, 0.2) is 0 Å². The Balaban J connectivity index is 1.73. The maximum Gasteiger partial charge on any atom is 0.118 e. The van der Waals surface area contributed by atoms with Crippen molar-refractivity contribution in [1.82, 2.24) is 15.5 Å². The van der Waals surface area contributed by atoms with Gasteiger partial charge in [-0.3, -0.25) is 0 Å². The number of rotatable bonds is 7. The summed E-state index contributed by atoms with van der Waals surface area (Å²) < 4.78 is 0. The SMILES string of the molecule is CCCNCCc1nnc(CC2CCCCCC2)s1. The van der Waals surface area contributed by atoms with Gasteiger partial charge in [0.25, 0.3) is 0 Å². The molecule has 1 heterocycles. The topological polar surface area (TPSA) is 37.8 Å². The van der Waals surface area contributed by atoms with E-state index in [9.17, 15) is 0 Å². The van der Waals surface area contributed by atoms with Crippen LogP contribution in [0.5, 0.6) is 0 Å². The average molecular weight is 281 g/mol. The van der Waals surface area contributed by atoms with E-state index in [1.54, 1.807) is 0 Å². The summed E-state index contributed by atoms with van der Waals surface area (Å²) in [5.74, 6) is 0.863. The van der Waals surface area contributed by atoms with Crippen molar-refractivity contribution in [2.45, 2.75) is 64.7 Å². The first-order valence-electron chi connectivity index (χ1n) is 7.90. The summed E-state index contributed by atoms with van der Waals surface area (Å²) in [6, 6.07) is 0. The lowest BCUT2D eigenvalue weighted by atomic mass is 9.97. The van der Waals surface area contributed by atoms with Crippen LogP contribution in [0.4, 0.5) is 0 Å². The molecule has 0 amide bonds. The van der Waals surface area contributed by atoms with Crippen molar-refractivity contribution in [3.8, 4) is 0 Å². The Bertz CT molecular complexity index is 343. The highest BCUT2D eigenvalue weighted by molar-refractivity contribution is 7.11. The Morgan fingerprint density at radius 3 is 2.53 bits per heavy atom. The lowest BCUT2D eigenvalue weighted by molar-refractivity contribution is 0.456. The van der Waals surface area contributed by atoms with Crippen molar-refractivity contribution in [3.05, 3.63) is 10.0 Å². The smallest absolute Gasteiger partial charge is 0.118 e. The van der Waals surface area contributed by atoms with Gasteiger partial charge in [0, 0.05) is 19.4 Å². The molecule has 0 aliphatic heterocycles. The molecule has 0 spiro atoms. The Morgan fingerprint density at radius 2 is 1.79 bits per heavy atom. The Morgan fingerprint density at radius 1 is 1.05 bits per heavy atom. The van der Waals surface area contributed by atoms with Crippen molar-refractivity contribution in [3.63, 3.8) is 0 Å². The first-order valence-corrected chi connectivity index (χ1v) is 8.72. The van der Waals surface area contributed by atoms with Gasteiger partial charge in [-0.25, -0.2) is 0 Å². The second kappa shape index (κ2) is 8.64. The van der Waals surface area contributed by atoms with Crippen LogP contribution in [0, 0.1) is 5.92 Å². The van der Waals surface area contributed by atoms with Crippen molar-refractivity contribution < 1.29 is 0 Å². The second-order valence-corrected chi connectivity index (χ2v) is 6.80. The quantitative estimate of drug-likeness (QED) is 0.613. The first-order chi connectivity index (χ1) is 9.38. The van der Waals surface area contributed by atoms with Gasteiger partial charge in [-0.15, -0.1) is 21.5 Å². The molecule has 0 aromatic carbocycles. The van der Waals surface area contributed by atoms with Gasteiger partial charge in [-0.05, 0) is 18.9 Å². The van der Waals surface area contributed by atoms with Crippen LogP contribution in [0.1, 0.15) is 61.9 Å². The monoisotopic (exact) mass is 281 g/mol. The van der Waals surface area contributed by atoms with Crippen molar-refractivity contribution in [1.29, 1.82) is 0 Å². The predicted molar refractivity (Wildman–Crippen MR) is 81.7 cm³/mol. The van der Waals surface area contributed by atoms with Crippen molar-refractivity contribution in [2.24, 2.45) is 5.92 Å². The third kappa shape index (κ3) is 5.57. The standard InChI is InChI=1S/C15H27N3S/c1-2-10-16-11-9-14-17-18-15(19-14)12-13-7-5-3-4-6-8-13/h13,16H,2-12H2,1H3.